The molecule has 4 rings (SSSR count). The van der Waals surface area contributed by atoms with Crippen molar-refractivity contribution in [2.75, 3.05) is 0 Å². The monoisotopic (exact) mass is 372 g/mol. The largest absolute Gasteiger partial charge is 0.346 e. The second-order valence-electron chi connectivity index (χ2n) is 8.33. The van der Waals surface area contributed by atoms with Crippen molar-refractivity contribution in [3.8, 4) is 5.69 Å². The molecule has 4 heteroatoms. The first-order chi connectivity index (χ1) is 13.5. The molecule has 0 bridgehead atoms. The van der Waals surface area contributed by atoms with Gasteiger partial charge in [-0.25, -0.2) is 9.67 Å². The smallest absolute Gasteiger partial charge is 0.106 e. The Balaban J connectivity index is 1.41. The maximum absolute atomic E-state index is 4.57. The van der Waals surface area contributed by atoms with Gasteiger partial charge < -0.3 is 4.98 Å². The van der Waals surface area contributed by atoms with E-state index >= 15 is 0 Å². The van der Waals surface area contributed by atoms with Crippen LogP contribution >= 0.6 is 0 Å². The fraction of sp³-hybridized carbons (Fsp3) is 0.333. The highest BCUT2D eigenvalue weighted by atomic mass is 15.3. The van der Waals surface area contributed by atoms with Crippen LogP contribution in [0.15, 0.2) is 60.9 Å². The summed E-state index contributed by atoms with van der Waals surface area (Å²) < 4.78 is 1.99. The number of H-pyrrole nitrogens is 1. The number of hydrogen-bond acceptors (Lipinski definition) is 2. The summed E-state index contributed by atoms with van der Waals surface area (Å²) in [5.74, 6) is 1.07. The van der Waals surface area contributed by atoms with Crippen molar-refractivity contribution in [3.05, 3.63) is 78.0 Å². The fourth-order valence-corrected chi connectivity index (χ4v) is 3.51. The van der Waals surface area contributed by atoms with Gasteiger partial charge in [0.1, 0.15) is 5.82 Å². The number of nitrogens with one attached hydrogen (secondary N) is 1. The normalized spacial score (nSPS) is 12.0. The van der Waals surface area contributed by atoms with E-state index in [0.29, 0.717) is 5.41 Å². The fourth-order valence-electron chi connectivity index (χ4n) is 3.51. The molecule has 2 aromatic carbocycles. The lowest BCUT2D eigenvalue weighted by Gasteiger charge is -2.21. The van der Waals surface area contributed by atoms with Gasteiger partial charge in [0.05, 0.1) is 17.4 Å². The maximum Gasteiger partial charge on any atom is 0.106 e. The van der Waals surface area contributed by atoms with Crippen LogP contribution in [-0.4, -0.2) is 19.7 Å². The van der Waals surface area contributed by atoms with Gasteiger partial charge >= 0.3 is 0 Å². The summed E-state index contributed by atoms with van der Waals surface area (Å²) in [5, 5.41) is 5.69. The van der Waals surface area contributed by atoms with E-state index in [2.05, 4.69) is 72.2 Å². The van der Waals surface area contributed by atoms with Crippen molar-refractivity contribution in [2.24, 2.45) is 5.41 Å². The van der Waals surface area contributed by atoms with Crippen molar-refractivity contribution < 1.29 is 0 Å². The number of para-hydroxylation sites is 1. The van der Waals surface area contributed by atoms with Crippen LogP contribution in [0.1, 0.15) is 44.3 Å². The SMILES string of the molecule is CCC(C)(C)Cc1cnc(CCc2ccc(-n3ncc4ccccc43)cc2)[nH]1. The number of hydrogen-bond donors (Lipinski definition) is 1. The van der Waals surface area contributed by atoms with Crippen LogP contribution < -0.4 is 0 Å². The van der Waals surface area contributed by atoms with Crippen LogP contribution in [0.5, 0.6) is 0 Å². The highest BCUT2D eigenvalue weighted by Crippen LogP contribution is 2.24. The van der Waals surface area contributed by atoms with Gasteiger partial charge in [0.15, 0.2) is 0 Å². The van der Waals surface area contributed by atoms with E-state index in [0.717, 1.165) is 41.7 Å². The zero-order chi connectivity index (χ0) is 19.6. The molecule has 144 valence electrons. The van der Waals surface area contributed by atoms with Crippen LogP contribution in [-0.2, 0) is 19.3 Å². The Kier molecular flexibility index (Phi) is 5.03. The molecule has 0 spiro atoms. The second kappa shape index (κ2) is 7.63. The summed E-state index contributed by atoms with van der Waals surface area (Å²) in [6.07, 6.45) is 8.03. The zero-order valence-electron chi connectivity index (χ0n) is 16.9. The minimum atomic E-state index is 0.316. The van der Waals surface area contributed by atoms with Gasteiger partial charge in [-0.1, -0.05) is 57.5 Å². The Bertz CT molecular complexity index is 1050. The number of imidazole rings is 1. The number of fused-ring (bicyclic) bond motifs is 1. The number of aromatic nitrogens is 4. The highest BCUT2D eigenvalue weighted by Gasteiger charge is 2.17. The molecule has 2 heterocycles. The van der Waals surface area contributed by atoms with Gasteiger partial charge in [-0.15, -0.1) is 0 Å². The minimum absolute atomic E-state index is 0.316. The predicted octanol–water partition coefficient (Wildman–Crippen LogP) is 5.51. The van der Waals surface area contributed by atoms with E-state index in [-0.39, 0.29) is 0 Å². The lowest BCUT2D eigenvalue weighted by atomic mass is 9.85. The lowest BCUT2D eigenvalue weighted by Crippen LogP contribution is -2.13. The molecular formula is C24H28N4. The third kappa shape index (κ3) is 4.01. The van der Waals surface area contributed by atoms with Gasteiger partial charge in [-0.3, -0.25) is 0 Å². The van der Waals surface area contributed by atoms with E-state index in [1.807, 2.05) is 29.2 Å². The van der Waals surface area contributed by atoms with Crippen LogP contribution in [0, 0.1) is 5.41 Å². The second-order valence-corrected chi connectivity index (χ2v) is 8.33. The number of rotatable bonds is 7. The molecule has 0 aliphatic heterocycles. The summed E-state index contributed by atoms with van der Waals surface area (Å²) in [6, 6.07) is 17.0. The molecule has 0 aliphatic carbocycles. The van der Waals surface area contributed by atoms with Crippen LogP contribution in [0.4, 0.5) is 0 Å². The first kappa shape index (κ1) is 18.5. The van der Waals surface area contributed by atoms with Gasteiger partial charge in [-0.2, -0.15) is 5.10 Å². The van der Waals surface area contributed by atoms with E-state index < -0.39 is 0 Å². The minimum Gasteiger partial charge on any atom is -0.346 e. The van der Waals surface area contributed by atoms with Crippen molar-refractivity contribution in [2.45, 2.75) is 46.5 Å². The average molecular weight is 373 g/mol. The third-order valence-electron chi connectivity index (χ3n) is 5.62. The zero-order valence-corrected chi connectivity index (χ0v) is 16.9. The number of aryl methyl sites for hydroxylation is 2. The van der Waals surface area contributed by atoms with Gasteiger partial charge in [-0.05, 0) is 42.0 Å². The van der Waals surface area contributed by atoms with E-state index in [1.165, 1.54) is 17.7 Å². The molecule has 0 aliphatic rings. The molecule has 0 radical (unpaired) electrons. The summed E-state index contributed by atoms with van der Waals surface area (Å²) >= 11 is 0. The first-order valence-corrected chi connectivity index (χ1v) is 10.1. The van der Waals surface area contributed by atoms with Crippen LogP contribution in [0.2, 0.25) is 0 Å². The number of nitrogens with zero attached hydrogens (tertiary/aromatic N) is 3. The van der Waals surface area contributed by atoms with Crippen molar-refractivity contribution in [1.29, 1.82) is 0 Å². The average Bonchev–Trinajstić information content (AvgIpc) is 3.33. The standard InChI is InChI=1S/C24H28N4/c1-4-24(2,3)15-20-17-25-23(27-20)14-11-18-9-12-21(13-10-18)28-22-8-6-5-7-19(22)16-26-28/h5-10,12-13,16-17H,4,11,14-15H2,1-3H3,(H,25,27). The third-order valence-corrected chi connectivity index (χ3v) is 5.62. The Morgan fingerprint density at radius 2 is 1.75 bits per heavy atom. The van der Waals surface area contributed by atoms with E-state index in [4.69, 9.17) is 0 Å². The summed E-state index contributed by atoms with van der Waals surface area (Å²) in [5.41, 5.74) is 5.09. The molecule has 0 saturated heterocycles. The van der Waals surface area contributed by atoms with Gasteiger partial charge in [0.25, 0.3) is 0 Å². The topological polar surface area (TPSA) is 46.5 Å². The molecule has 28 heavy (non-hydrogen) atoms. The Hall–Kier alpha value is -2.88. The molecule has 4 aromatic rings. The molecule has 2 aromatic heterocycles. The summed E-state index contributed by atoms with van der Waals surface area (Å²) in [6.45, 7) is 6.85. The van der Waals surface area contributed by atoms with Crippen LogP contribution in [0.3, 0.4) is 0 Å². The van der Waals surface area contributed by atoms with Gasteiger partial charge in [0.2, 0.25) is 0 Å². The number of benzene rings is 2. The molecule has 0 fully saturated rings. The molecule has 4 nitrogen and oxygen atoms in total. The molecular weight excluding hydrogens is 344 g/mol. The predicted molar refractivity (Wildman–Crippen MR) is 115 cm³/mol. The van der Waals surface area contributed by atoms with Crippen molar-refractivity contribution in [1.82, 2.24) is 19.7 Å². The first-order valence-electron chi connectivity index (χ1n) is 10.1. The molecule has 1 N–H and O–H groups in total. The van der Waals surface area contributed by atoms with Crippen LogP contribution in [0.25, 0.3) is 16.6 Å². The Morgan fingerprint density at radius 1 is 0.964 bits per heavy atom. The van der Waals surface area contributed by atoms with E-state index in [9.17, 15) is 0 Å². The Labute approximate surface area is 166 Å². The Morgan fingerprint density at radius 3 is 2.54 bits per heavy atom. The maximum atomic E-state index is 4.57. The molecule has 0 unspecified atom stereocenters. The lowest BCUT2D eigenvalue weighted by molar-refractivity contribution is 0.346. The van der Waals surface area contributed by atoms with E-state index in [1.54, 1.807) is 0 Å². The molecule has 0 amide bonds. The summed E-state index contributed by atoms with van der Waals surface area (Å²) in [7, 11) is 0. The van der Waals surface area contributed by atoms with Gasteiger partial charge in [0, 0.05) is 23.7 Å². The molecule has 0 saturated carbocycles. The summed E-state index contributed by atoms with van der Waals surface area (Å²) in [4.78, 5) is 8.07. The quantitative estimate of drug-likeness (QED) is 0.465. The number of aromatic amines is 1. The van der Waals surface area contributed by atoms with Crippen molar-refractivity contribution in [3.63, 3.8) is 0 Å². The highest BCUT2D eigenvalue weighted by molar-refractivity contribution is 5.80. The van der Waals surface area contributed by atoms with Crippen molar-refractivity contribution >= 4 is 10.9 Å². The molecule has 0 atom stereocenters.